The molecule has 2 N–H and O–H groups in total. The van der Waals surface area contributed by atoms with Crippen molar-refractivity contribution in [3.63, 3.8) is 0 Å². The van der Waals surface area contributed by atoms with Crippen LogP contribution in [0.1, 0.15) is 31.1 Å². The molecule has 0 saturated heterocycles. The number of rotatable bonds is 4. The maximum atomic E-state index is 12.9. The molecule has 0 unspecified atom stereocenters. The van der Waals surface area contributed by atoms with Crippen LogP contribution in [0.2, 0.25) is 5.02 Å². The van der Waals surface area contributed by atoms with Crippen LogP contribution in [-0.4, -0.2) is 15.7 Å². The summed E-state index contributed by atoms with van der Waals surface area (Å²) < 4.78 is 18.0. The fourth-order valence-corrected chi connectivity index (χ4v) is 1.89. The summed E-state index contributed by atoms with van der Waals surface area (Å²) in [6.07, 6.45) is 0.894. The van der Waals surface area contributed by atoms with Gasteiger partial charge in [-0.15, -0.1) is 0 Å². The molecule has 19 heavy (non-hydrogen) atoms. The molecule has 102 valence electrons. The van der Waals surface area contributed by atoms with Gasteiger partial charge in [-0.2, -0.15) is 4.98 Å². The highest BCUT2D eigenvalue weighted by atomic mass is 35.5. The van der Waals surface area contributed by atoms with E-state index in [1.807, 2.05) is 13.8 Å². The molecule has 1 heterocycles. The van der Waals surface area contributed by atoms with Crippen LogP contribution in [0.25, 0.3) is 0 Å². The highest BCUT2D eigenvalue weighted by Gasteiger charge is 2.17. The molecule has 0 saturated carbocycles. The summed E-state index contributed by atoms with van der Waals surface area (Å²) in [5.74, 6) is 0.626. The monoisotopic (exact) mass is 283 g/mol. The van der Waals surface area contributed by atoms with Crippen molar-refractivity contribution in [3.05, 3.63) is 46.3 Å². The zero-order valence-electron chi connectivity index (χ0n) is 10.8. The zero-order chi connectivity index (χ0) is 14.0. The largest absolute Gasteiger partial charge is 0.339 e. The molecular weight excluding hydrogens is 269 g/mol. The molecule has 0 bridgehead atoms. The van der Waals surface area contributed by atoms with E-state index < -0.39 is 5.54 Å². The lowest BCUT2D eigenvalue weighted by Crippen LogP contribution is -2.34. The number of nitrogens with two attached hydrogens (primary N) is 1. The Kier molecular flexibility index (Phi) is 3.87. The normalized spacial score (nSPS) is 11.8. The summed E-state index contributed by atoms with van der Waals surface area (Å²) in [7, 11) is 0. The predicted molar refractivity (Wildman–Crippen MR) is 70.5 cm³/mol. The Morgan fingerprint density at radius 3 is 2.79 bits per heavy atom. The smallest absolute Gasteiger partial charge is 0.228 e. The fraction of sp³-hybridized carbons (Fsp3) is 0.385. The van der Waals surface area contributed by atoms with Crippen molar-refractivity contribution < 1.29 is 8.91 Å². The second kappa shape index (κ2) is 5.27. The van der Waals surface area contributed by atoms with E-state index in [1.54, 1.807) is 6.07 Å². The first-order valence-electron chi connectivity index (χ1n) is 5.88. The molecule has 1 aromatic heterocycles. The predicted octanol–water partition coefficient (Wildman–Crippen LogP) is 2.73. The van der Waals surface area contributed by atoms with Gasteiger partial charge in [0.05, 0.1) is 0 Å². The lowest BCUT2D eigenvalue weighted by Gasteiger charge is -2.14. The van der Waals surface area contributed by atoms with Crippen molar-refractivity contribution >= 4 is 11.6 Å². The second-order valence-electron chi connectivity index (χ2n) is 5.18. The van der Waals surface area contributed by atoms with Crippen molar-refractivity contribution in [3.8, 4) is 0 Å². The van der Waals surface area contributed by atoms with E-state index >= 15 is 0 Å². The molecule has 0 atom stereocenters. The summed E-state index contributed by atoms with van der Waals surface area (Å²) in [5.41, 5.74) is 6.23. The molecule has 1 aromatic carbocycles. The Balaban J connectivity index is 2.11. The highest BCUT2D eigenvalue weighted by Crippen LogP contribution is 2.20. The molecule has 0 aliphatic rings. The van der Waals surface area contributed by atoms with E-state index in [0.717, 1.165) is 5.56 Å². The zero-order valence-corrected chi connectivity index (χ0v) is 11.5. The first kappa shape index (κ1) is 14.0. The first-order valence-corrected chi connectivity index (χ1v) is 6.25. The van der Waals surface area contributed by atoms with Crippen molar-refractivity contribution in [2.45, 2.75) is 32.2 Å². The number of benzene rings is 1. The average Bonchev–Trinajstić information content (AvgIpc) is 2.67. The maximum absolute atomic E-state index is 12.9. The Labute approximate surface area is 115 Å². The van der Waals surface area contributed by atoms with Gasteiger partial charge in [-0.25, -0.2) is 4.39 Å². The lowest BCUT2D eigenvalue weighted by molar-refractivity contribution is 0.345. The van der Waals surface area contributed by atoms with Gasteiger partial charge in [0.25, 0.3) is 0 Å². The van der Waals surface area contributed by atoms with Gasteiger partial charge in [0.15, 0.2) is 5.82 Å². The number of hydrogen-bond acceptors (Lipinski definition) is 4. The van der Waals surface area contributed by atoms with Crippen LogP contribution >= 0.6 is 11.6 Å². The quantitative estimate of drug-likeness (QED) is 0.937. The van der Waals surface area contributed by atoms with Gasteiger partial charge in [0.1, 0.15) is 5.82 Å². The minimum absolute atomic E-state index is 0.352. The van der Waals surface area contributed by atoms with Crippen LogP contribution in [0.4, 0.5) is 4.39 Å². The van der Waals surface area contributed by atoms with E-state index in [1.165, 1.54) is 12.1 Å². The summed E-state index contributed by atoms with van der Waals surface area (Å²) in [4.78, 5) is 4.24. The third-order valence-electron chi connectivity index (χ3n) is 2.48. The third kappa shape index (κ3) is 4.01. The Bertz CT molecular complexity index is 578. The number of halogens is 2. The molecule has 0 fully saturated rings. The number of aromatic nitrogens is 2. The van der Waals surface area contributed by atoms with Gasteiger partial charge < -0.3 is 10.3 Å². The van der Waals surface area contributed by atoms with E-state index in [4.69, 9.17) is 21.9 Å². The summed E-state index contributed by atoms with van der Waals surface area (Å²) in [6, 6.07) is 4.23. The molecule has 0 amide bonds. The van der Waals surface area contributed by atoms with Gasteiger partial charge >= 0.3 is 0 Å². The van der Waals surface area contributed by atoms with Crippen LogP contribution in [-0.2, 0) is 12.8 Å². The molecule has 6 heteroatoms. The Hall–Kier alpha value is -1.46. The molecule has 0 aliphatic heterocycles. The molecule has 2 aromatic rings. The first-order chi connectivity index (χ1) is 8.83. The average molecular weight is 284 g/mol. The molecule has 0 spiro atoms. The van der Waals surface area contributed by atoms with Gasteiger partial charge in [-0.05, 0) is 31.5 Å². The molecule has 0 aliphatic carbocycles. The van der Waals surface area contributed by atoms with Crippen molar-refractivity contribution in [1.29, 1.82) is 0 Å². The Morgan fingerprint density at radius 2 is 2.16 bits per heavy atom. The minimum Gasteiger partial charge on any atom is -0.339 e. The summed E-state index contributed by atoms with van der Waals surface area (Å²) in [5, 5.41) is 4.22. The van der Waals surface area contributed by atoms with Gasteiger partial charge in [-0.3, -0.25) is 0 Å². The highest BCUT2D eigenvalue weighted by molar-refractivity contribution is 6.31. The van der Waals surface area contributed by atoms with E-state index in [9.17, 15) is 4.39 Å². The number of nitrogens with zero attached hydrogens (tertiary/aromatic N) is 2. The van der Waals surface area contributed by atoms with Gasteiger partial charge in [0, 0.05) is 23.4 Å². The molecule has 4 nitrogen and oxygen atoms in total. The Morgan fingerprint density at radius 1 is 1.42 bits per heavy atom. The van der Waals surface area contributed by atoms with Gasteiger partial charge in [-0.1, -0.05) is 22.8 Å². The summed E-state index contributed by atoms with van der Waals surface area (Å²) >= 11 is 5.95. The minimum atomic E-state index is -0.405. The van der Waals surface area contributed by atoms with Crippen molar-refractivity contribution in [2.24, 2.45) is 5.73 Å². The topological polar surface area (TPSA) is 64.9 Å². The lowest BCUT2D eigenvalue weighted by atomic mass is 10.0. The van der Waals surface area contributed by atoms with Crippen LogP contribution < -0.4 is 5.73 Å². The van der Waals surface area contributed by atoms with Crippen LogP contribution in [0.15, 0.2) is 22.7 Å². The summed E-state index contributed by atoms with van der Waals surface area (Å²) in [6.45, 7) is 3.77. The maximum Gasteiger partial charge on any atom is 0.228 e. The van der Waals surface area contributed by atoms with Crippen molar-refractivity contribution in [2.75, 3.05) is 0 Å². The van der Waals surface area contributed by atoms with Crippen LogP contribution in [0, 0.1) is 5.82 Å². The standard InChI is InChI=1S/C13H15ClFN3O/c1-13(2,16)7-12-17-11(18-19-12)5-8-3-4-9(15)6-10(8)14/h3-4,6H,5,7,16H2,1-2H3. The van der Waals surface area contributed by atoms with Gasteiger partial charge in [0.2, 0.25) is 5.89 Å². The van der Waals surface area contributed by atoms with Crippen LogP contribution in [0.3, 0.4) is 0 Å². The fourth-order valence-electron chi connectivity index (χ4n) is 1.66. The number of hydrogen-bond donors (Lipinski definition) is 1. The second-order valence-corrected chi connectivity index (χ2v) is 5.59. The molecule has 0 radical (unpaired) electrons. The van der Waals surface area contributed by atoms with Crippen LogP contribution in [0.5, 0.6) is 0 Å². The van der Waals surface area contributed by atoms with E-state index in [2.05, 4.69) is 10.1 Å². The SMILES string of the molecule is CC(C)(N)Cc1nc(Cc2ccc(F)cc2Cl)no1. The molecular formula is C13H15ClFN3O. The van der Waals surface area contributed by atoms with Crippen molar-refractivity contribution in [1.82, 2.24) is 10.1 Å². The third-order valence-corrected chi connectivity index (χ3v) is 2.83. The van der Waals surface area contributed by atoms with E-state index in [0.29, 0.717) is 29.6 Å². The van der Waals surface area contributed by atoms with E-state index in [-0.39, 0.29) is 5.82 Å². The molecule has 2 rings (SSSR count).